The number of carbonyl (C=O) groups is 2. The fourth-order valence-corrected chi connectivity index (χ4v) is 2.29. The fourth-order valence-electron chi connectivity index (χ4n) is 2.29. The summed E-state index contributed by atoms with van der Waals surface area (Å²) in [6.07, 6.45) is -0.517. The van der Waals surface area contributed by atoms with E-state index >= 15 is 0 Å². The maximum Gasteiger partial charge on any atom is 0.264 e. The molecule has 2 amide bonds. The number of carbonyl (C=O) groups excluding carboxylic acids is 2. The molecule has 2 atom stereocenters. The monoisotopic (exact) mass is 351 g/mol. The van der Waals surface area contributed by atoms with E-state index in [-0.39, 0.29) is 18.1 Å². The lowest BCUT2D eigenvalue weighted by Crippen LogP contribution is -3.06. The van der Waals surface area contributed by atoms with Crippen LogP contribution in [0.3, 0.4) is 0 Å². The molecule has 1 aromatic carbocycles. The van der Waals surface area contributed by atoms with Crippen LogP contribution in [0.25, 0.3) is 0 Å². The quantitative estimate of drug-likeness (QED) is 0.594. The van der Waals surface area contributed by atoms with Crippen LogP contribution in [0, 0.1) is 5.82 Å². The summed E-state index contributed by atoms with van der Waals surface area (Å²) in [5.41, 5.74) is 1.28. The van der Waals surface area contributed by atoms with E-state index in [4.69, 9.17) is 4.84 Å². The van der Waals surface area contributed by atoms with Gasteiger partial charge in [-0.1, -0.05) is 17.3 Å². The largest absolute Gasteiger partial charge is 0.382 e. The Labute approximate surface area is 146 Å². The van der Waals surface area contributed by atoms with Gasteiger partial charge in [0.05, 0.1) is 32.9 Å². The summed E-state index contributed by atoms with van der Waals surface area (Å²) in [6.45, 7) is 2.96. The molecule has 1 aliphatic heterocycles. The Morgan fingerprint density at radius 1 is 1.36 bits per heavy atom. The molecular weight excluding hydrogens is 327 g/mol. The number of amides is 2. The van der Waals surface area contributed by atoms with Gasteiger partial charge in [0.1, 0.15) is 11.9 Å². The zero-order valence-electron chi connectivity index (χ0n) is 14.6. The maximum atomic E-state index is 13.0. The van der Waals surface area contributed by atoms with Crippen LogP contribution in [-0.4, -0.2) is 56.9 Å². The highest BCUT2D eigenvalue weighted by Crippen LogP contribution is 2.17. The Balaban J connectivity index is 1.80. The second kappa shape index (κ2) is 8.57. The van der Waals surface area contributed by atoms with Gasteiger partial charge in [-0.25, -0.2) is 4.39 Å². The fraction of sp³-hybridized carbons (Fsp3) is 0.471. The number of hydrogen-bond acceptors (Lipinski definition) is 4. The number of oxime groups is 1. The number of quaternary nitrogens is 1. The van der Waals surface area contributed by atoms with Gasteiger partial charge in [0.15, 0.2) is 0 Å². The van der Waals surface area contributed by atoms with E-state index in [0.717, 1.165) is 6.54 Å². The highest BCUT2D eigenvalue weighted by molar-refractivity contribution is 6.04. The molecule has 8 heteroatoms. The van der Waals surface area contributed by atoms with Crippen LogP contribution < -0.4 is 15.5 Å². The maximum absolute atomic E-state index is 13.0. The zero-order chi connectivity index (χ0) is 18.4. The Kier molecular flexibility index (Phi) is 6.46. The van der Waals surface area contributed by atoms with Crippen LogP contribution >= 0.6 is 0 Å². The van der Waals surface area contributed by atoms with Gasteiger partial charge in [0.25, 0.3) is 5.91 Å². The first kappa shape index (κ1) is 18.9. The minimum absolute atomic E-state index is 0.243. The molecule has 7 nitrogen and oxygen atoms in total. The van der Waals surface area contributed by atoms with Crippen molar-refractivity contribution in [3.05, 3.63) is 35.6 Å². The van der Waals surface area contributed by atoms with Gasteiger partial charge in [-0.05, 0) is 24.6 Å². The molecule has 3 N–H and O–H groups in total. The van der Waals surface area contributed by atoms with Gasteiger partial charge in [-0.3, -0.25) is 9.59 Å². The SMILES string of the molecule is C[C@H](NC(=O)[C@@H]1CC(c2ccc(F)cc2)=NO1)C(=O)NCC[NH+](C)C. The third-order valence-electron chi connectivity index (χ3n) is 3.82. The summed E-state index contributed by atoms with van der Waals surface area (Å²) >= 11 is 0. The molecule has 25 heavy (non-hydrogen) atoms. The van der Waals surface area contributed by atoms with E-state index < -0.39 is 18.1 Å². The molecule has 136 valence electrons. The van der Waals surface area contributed by atoms with Gasteiger partial charge in [-0.15, -0.1) is 0 Å². The molecule has 1 aromatic rings. The van der Waals surface area contributed by atoms with E-state index in [1.165, 1.54) is 17.0 Å². The van der Waals surface area contributed by atoms with Crippen LogP contribution in [0.15, 0.2) is 29.4 Å². The van der Waals surface area contributed by atoms with Crippen molar-refractivity contribution in [2.45, 2.75) is 25.5 Å². The zero-order valence-corrected chi connectivity index (χ0v) is 14.6. The molecule has 0 aromatic heterocycles. The summed E-state index contributed by atoms with van der Waals surface area (Å²) in [7, 11) is 3.99. The second-order valence-corrected chi connectivity index (χ2v) is 6.32. The Morgan fingerprint density at radius 2 is 2.04 bits per heavy atom. The van der Waals surface area contributed by atoms with Gasteiger partial charge < -0.3 is 20.4 Å². The van der Waals surface area contributed by atoms with Crippen LogP contribution in [0.1, 0.15) is 18.9 Å². The highest BCUT2D eigenvalue weighted by Gasteiger charge is 2.30. The van der Waals surface area contributed by atoms with Crippen molar-refractivity contribution >= 4 is 17.5 Å². The van der Waals surface area contributed by atoms with E-state index in [0.29, 0.717) is 17.8 Å². The number of benzene rings is 1. The molecule has 0 spiro atoms. The van der Waals surface area contributed by atoms with E-state index in [1.807, 2.05) is 14.1 Å². The smallest absolute Gasteiger partial charge is 0.264 e. The lowest BCUT2D eigenvalue weighted by molar-refractivity contribution is -0.856. The first-order valence-corrected chi connectivity index (χ1v) is 8.22. The van der Waals surface area contributed by atoms with Gasteiger partial charge in [0.2, 0.25) is 12.0 Å². The molecule has 0 fully saturated rings. The highest BCUT2D eigenvalue weighted by atomic mass is 19.1. The molecular formula is C17H24FN4O3+. The van der Waals surface area contributed by atoms with Crippen molar-refractivity contribution in [2.75, 3.05) is 27.2 Å². The van der Waals surface area contributed by atoms with Crippen molar-refractivity contribution in [1.82, 2.24) is 10.6 Å². The number of nitrogens with zero attached hydrogens (tertiary/aromatic N) is 1. The number of hydrogen-bond donors (Lipinski definition) is 3. The van der Waals surface area contributed by atoms with Crippen molar-refractivity contribution in [2.24, 2.45) is 5.16 Å². The lowest BCUT2D eigenvalue weighted by Gasteiger charge is -2.16. The standard InChI is InChI=1S/C17H23FN4O3/c1-11(16(23)19-8-9-22(2)3)20-17(24)15-10-14(21-25-15)12-4-6-13(18)7-5-12/h4-7,11,15H,8-10H2,1-3H3,(H,19,23)(H,20,24)/p+1/t11-,15-/m0/s1. The molecule has 0 radical (unpaired) electrons. The molecule has 1 heterocycles. The molecule has 0 aliphatic carbocycles. The average molecular weight is 351 g/mol. The van der Waals surface area contributed by atoms with Gasteiger partial charge >= 0.3 is 0 Å². The summed E-state index contributed by atoms with van der Waals surface area (Å²) in [4.78, 5) is 30.5. The minimum Gasteiger partial charge on any atom is -0.382 e. The van der Waals surface area contributed by atoms with Crippen molar-refractivity contribution in [3.8, 4) is 0 Å². The molecule has 2 rings (SSSR count). The normalized spacial score (nSPS) is 17.6. The molecule has 1 aliphatic rings. The topological polar surface area (TPSA) is 84.2 Å². The first-order chi connectivity index (χ1) is 11.9. The van der Waals surface area contributed by atoms with E-state index in [1.54, 1.807) is 19.1 Å². The Bertz CT molecular complexity index is 646. The summed E-state index contributed by atoms with van der Waals surface area (Å²) in [5.74, 6) is -0.984. The molecule has 0 bridgehead atoms. The third kappa shape index (κ3) is 5.53. The van der Waals surface area contributed by atoms with E-state index in [9.17, 15) is 14.0 Å². The summed E-state index contributed by atoms with van der Waals surface area (Å²) in [5, 5.41) is 9.28. The number of halogens is 1. The van der Waals surface area contributed by atoms with Crippen LogP contribution in [0.4, 0.5) is 4.39 Å². The molecule has 0 saturated carbocycles. The number of rotatable bonds is 7. The summed E-state index contributed by atoms with van der Waals surface area (Å²) < 4.78 is 13.0. The molecule has 0 saturated heterocycles. The van der Waals surface area contributed by atoms with Crippen molar-refractivity contribution in [1.29, 1.82) is 0 Å². The predicted octanol–water partition coefficient (Wildman–Crippen LogP) is -0.916. The van der Waals surface area contributed by atoms with Gasteiger partial charge in [-0.2, -0.15) is 0 Å². The third-order valence-corrected chi connectivity index (χ3v) is 3.82. The Hall–Kier alpha value is -2.48. The second-order valence-electron chi connectivity index (χ2n) is 6.32. The van der Waals surface area contributed by atoms with Crippen LogP contribution in [-0.2, 0) is 14.4 Å². The molecule has 0 unspecified atom stereocenters. The number of nitrogens with one attached hydrogen (secondary N) is 3. The van der Waals surface area contributed by atoms with Crippen molar-refractivity contribution in [3.63, 3.8) is 0 Å². The van der Waals surface area contributed by atoms with Gasteiger partial charge in [0, 0.05) is 6.42 Å². The number of likely N-dealkylation sites (N-methyl/N-ethyl adjacent to an activating group) is 1. The summed E-state index contributed by atoms with van der Waals surface area (Å²) in [6, 6.07) is 5.16. The predicted molar refractivity (Wildman–Crippen MR) is 90.7 cm³/mol. The Morgan fingerprint density at radius 3 is 2.68 bits per heavy atom. The van der Waals surface area contributed by atoms with Crippen molar-refractivity contribution < 1.29 is 23.7 Å². The minimum atomic E-state index is -0.790. The van der Waals surface area contributed by atoms with E-state index in [2.05, 4.69) is 15.8 Å². The average Bonchev–Trinajstić information content (AvgIpc) is 3.05. The first-order valence-electron chi connectivity index (χ1n) is 8.22. The van der Waals surface area contributed by atoms with Crippen LogP contribution in [0.2, 0.25) is 0 Å². The van der Waals surface area contributed by atoms with Crippen LogP contribution in [0.5, 0.6) is 0 Å². The lowest BCUT2D eigenvalue weighted by atomic mass is 10.0.